The maximum atomic E-state index is 12.4. The van der Waals surface area contributed by atoms with Crippen LogP contribution in [0.5, 0.6) is 0 Å². The number of benzene rings is 2. The van der Waals surface area contributed by atoms with Crippen LogP contribution in [0.1, 0.15) is 30.5 Å². The zero-order chi connectivity index (χ0) is 19.4. The van der Waals surface area contributed by atoms with Gasteiger partial charge in [0.2, 0.25) is 0 Å². The van der Waals surface area contributed by atoms with E-state index >= 15 is 0 Å². The fraction of sp³-hybridized carbons (Fsp3) is 0.286. The standard InChI is InChI=1S/C21H23N3O3/c1-14(12-13-15-8-4-3-5-9-15)22-19(25)20(26)23-18-16-10-6-7-11-17(16)24(2)21(18)27/h3-11,14,18H,12-13H2,1-2H3,(H,22,25)(H,23,26)/t14-,18-/m1/s1. The zero-order valence-electron chi connectivity index (χ0n) is 15.4. The smallest absolute Gasteiger partial charge is 0.310 e. The lowest BCUT2D eigenvalue weighted by molar-refractivity contribution is -0.140. The van der Waals surface area contributed by atoms with Crippen LogP contribution in [-0.4, -0.2) is 30.8 Å². The van der Waals surface area contributed by atoms with Gasteiger partial charge in [0.25, 0.3) is 5.91 Å². The van der Waals surface area contributed by atoms with E-state index < -0.39 is 17.9 Å². The molecule has 2 N–H and O–H groups in total. The van der Waals surface area contributed by atoms with Gasteiger partial charge in [0.1, 0.15) is 6.04 Å². The van der Waals surface area contributed by atoms with Gasteiger partial charge in [-0.05, 0) is 31.4 Å². The quantitative estimate of drug-likeness (QED) is 0.795. The maximum Gasteiger partial charge on any atom is 0.310 e. The Balaban J connectivity index is 1.55. The van der Waals surface area contributed by atoms with Crippen LogP contribution in [0.3, 0.4) is 0 Å². The SMILES string of the molecule is C[C@H](CCc1ccccc1)NC(=O)C(=O)N[C@H]1C(=O)N(C)c2ccccc21. The van der Waals surface area contributed by atoms with Crippen LogP contribution in [0, 0.1) is 0 Å². The number of anilines is 1. The van der Waals surface area contributed by atoms with Gasteiger partial charge in [-0.1, -0.05) is 48.5 Å². The van der Waals surface area contributed by atoms with Crippen molar-refractivity contribution in [3.05, 3.63) is 65.7 Å². The number of carbonyl (C=O) groups excluding carboxylic acids is 3. The van der Waals surface area contributed by atoms with E-state index in [9.17, 15) is 14.4 Å². The van der Waals surface area contributed by atoms with Crippen LogP contribution in [-0.2, 0) is 20.8 Å². The van der Waals surface area contributed by atoms with E-state index in [0.29, 0.717) is 5.56 Å². The summed E-state index contributed by atoms with van der Waals surface area (Å²) in [6.07, 6.45) is 1.53. The monoisotopic (exact) mass is 365 g/mol. The number of aryl methyl sites for hydroxylation is 1. The number of amides is 3. The summed E-state index contributed by atoms with van der Waals surface area (Å²) in [7, 11) is 1.65. The molecule has 0 aromatic heterocycles. The molecule has 0 saturated heterocycles. The first kappa shape index (κ1) is 18.6. The molecule has 1 aliphatic rings. The molecule has 2 aromatic carbocycles. The van der Waals surface area contributed by atoms with E-state index in [4.69, 9.17) is 0 Å². The second-order valence-electron chi connectivity index (χ2n) is 6.76. The lowest BCUT2D eigenvalue weighted by Gasteiger charge is -2.16. The number of nitrogens with one attached hydrogen (secondary N) is 2. The van der Waals surface area contributed by atoms with Gasteiger partial charge in [0.05, 0.1) is 0 Å². The van der Waals surface area contributed by atoms with Gasteiger partial charge >= 0.3 is 11.8 Å². The van der Waals surface area contributed by atoms with Gasteiger partial charge in [0.15, 0.2) is 0 Å². The normalized spacial score (nSPS) is 16.6. The van der Waals surface area contributed by atoms with Crippen molar-refractivity contribution in [2.24, 2.45) is 0 Å². The molecule has 0 saturated carbocycles. The molecule has 0 bridgehead atoms. The van der Waals surface area contributed by atoms with Crippen LogP contribution in [0.4, 0.5) is 5.69 Å². The summed E-state index contributed by atoms with van der Waals surface area (Å²) in [6, 6.07) is 16.2. The van der Waals surface area contributed by atoms with Crippen LogP contribution >= 0.6 is 0 Å². The number of carbonyl (C=O) groups is 3. The minimum Gasteiger partial charge on any atom is -0.345 e. The van der Waals surface area contributed by atoms with Gasteiger partial charge in [0, 0.05) is 24.3 Å². The maximum absolute atomic E-state index is 12.4. The van der Waals surface area contributed by atoms with Crippen LogP contribution in [0.25, 0.3) is 0 Å². The van der Waals surface area contributed by atoms with Crippen molar-refractivity contribution in [2.45, 2.75) is 31.8 Å². The van der Waals surface area contributed by atoms with Gasteiger partial charge in [-0.25, -0.2) is 0 Å². The molecule has 1 heterocycles. The van der Waals surface area contributed by atoms with Crippen LogP contribution in [0.2, 0.25) is 0 Å². The summed E-state index contributed by atoms with van der Waals surface area (Å²) in [5, 5.41) is 5.25. The average molecular weight is 365 g/mol. The lowest BCUT2D eigenvalue weighted by Crippen LogP contribution is -2.46. The molecule has 0 fully saturated rings. The molecule has 1 aliphatic heterocycles. The van der Waals surface area contributed by atoms with Crippen molar-refractivity contribution in [1.29, 1.82) is 0 Å². The Morgan fingerprint density at radius 2 is 1.70 bits per heavy atom. The largest absolute Gasteiger partial charge is 0.345 e. The van der Waals surface area contributed by atoms with Crippen molar-refractivity contribution < 1.29 is 14.4 Å². The van der Waals surface area contributed by atoms with E-state index in [1.165, 1.54) is 10.5 Å². The third-order valence-corrected chi connectivity index (χ3v) is 4.75. The molecule has 0 radical (unpaired) electrons. The van der Waals surface area contributed by atoms with E-state index in [0.717, 1.165) is 18.5 Å². The van der Waals surface area contributed by atoms with E-state index in [1.807, 2.05) is 49.4 Å². The van der Waals surface area contributed by atoms with Crippen molar-refractivity contribution in [3.63, 3.8) is 0 Å². The van der Waals surface area contributed by atoms with Crippen molar-refractivity contribution >= 4 is 23.4 Å². The summed E-state index contributed by atoms with van der Waals surface area (Å²) in [6.45, 7) is 1.86. The van der Waals surface area contributed by atoms with Crippen molar-refractivity contribution in [1.82, 2.24) is 10.6 Å². The van der Waals surface area contributed by atoms with Crippen LogP contribution < -0.4 is 15.5 Å². The summed E-state index contributed by atoms with van der Waals surface area (Å²) in [4.78, 5) is 38.3. The predicted octanol–water partition coefficient (Wildman–Crippen LogP) is 1.96. The molecular weight excluding hydrogens is 342 g/mol. The molecule has 0 unspecified atom stereocenters. The molecule has 3 amide bonds. The molecular formula is C21H23N3O3. The van der Waals surface area contributed by atoms with Gasteiger partial charge in [-0.15, -0.1) is 0 Å². The van der Waals surface area contributed by atoms with E-state index in [1.54, 1.807) is 19.2 Å². The molecule has 2 aromatic rings. The molecule has 2 atom stereocenters. The Labute approximate surface area is 158 Å². The first-order valence-electron chi connectivity index (χ1n) is 8.99. The van der Waals surface area contributed by atoms with Crippen LogP contribution in [0.15, 0.2) is 54.6 Å². The van der Waals surface area contributed by atoms with Crippen molar-refractivity contribution in [3.8, 4) is 0 Å². The molecule has 140 valence electrons. The fourth-order valence-corrected chi connectivity index (χ4v) is 3.21. The summed E-state index contributed by atoms with van der Waals surface area (Å²) in [5.74, 6) is -1.78. The number of hydrogen-bond donors (Lipinski definition) is 2. The molecule has 27 heavy (non-hydrogen) atoms. The number of nitrogens with zero attached hydrogens (tertiary/aromatic N) is 1. The fourth-order valence-electron chi connectivity index (χ4n) is 3.21. The molecule has 0 spiro atoms. The highest BCUT2D eigenvalue weighted by molar-refractivity contribution is 6.35. The minimum atomic E-state index is -0.830. The number of para-hydroxylation sites is 1. The molecule has 6 nitrogen and oxygen atoms in total. The highest BCUT2D eigenvalue weighted by atomic mass is 16.2. The predicted molar refractivity (Wildman–Crippen MR) is 103 cm³/mol. The molecule has 0 aliphatic carbocycles. The van der Waals surface area contributed by atoms with Crippen molar-refractivity contribution in [2.75, 3.05) is 11.9 Å². The Bertz CT molecular complexity index is 851. The summed E-state index contributed by atoms with van der Waals surface area (Å²) in [5.41, 5.74) is 2.62. The second-order valence-corrected chi connectivity index (χ2v) is 6.76. The topological polar surface area (TPSA) is 78.5 Å². The summed E-state index contributed by atoms with van der Waals surface area (Å²) >= 11 is 0. The van der Waals surface area contributed by atoms with Gasteiger partial charge < -0.3 is 15.5 Å². The highest BCUT2D eigenvalue weighted by Crippen LogP contribution is 2.34. The number of hydrogen-bond acceptors (Lipinski definition) is 3. The number of likely N-dealkylation sites (N-methyl/N-ethyl adjacent to an activating group) is 1. The minimum absolute atomic E-state index is 0.155. The Kier molecular flexibility index (Phi) is 5.54. The van der Waals surface area contributed by atoms with E-state index in [-0.39, 0.29) is 11.9 Å². The number of rotatable bonds is 5. The van der Waals surface area contributed by atoms with E-state index in [2.05, 4.69) is 10.6 Å². The molecule has 3 rings (SSSR count). The Morgan fingerprint density at radius 3 is 2.44 bits per heavy atom. The molecule has 6 heteroatoms. The van der Waals surface area contributed by atoms with Gasteiger partial charge in [-0.3, -0.25) is 14.4 Å². The Morgan fingerprint density at radius 1 is 1.04 bits per heavy atom. The Hall–Kier alpha value is -3.15. The first-order chi connectivity index (χ1) is 13.0. The third kappa shape index (κ3) is 4.16. The van der Waals surface area contributed by atoms with Gasteiger partial charge in [-0.2, -0.15) is 0 Å². The zero-order valence-corrected chi connectivity index (χ0v) is 15.4. The summed E-state index contributed by atoms with van der Waals surface area (Å²) < 4.78 is 0. The first-order valence-corrected chi connectivity index (χ1v) is 8.99. The number of fused-ring (bicyclic) bond motifs is 1. The highest BCUT2D eigenvalue weighted by Gasteiger charge is 2.36. The second kappa shape index (κ2) is 8.03. The third-order valence-electron chi connectivity index (χ3n) is 4.75. The average Bonchev–Trinajstić information content (AvgIpc) is 2.92. The lowest BCUT2D eigenvalue weighted by atomic mass is 10.1.